The lowest BCUT2D eigenvalue weighted by Crippen LogP contribution is -2.44. The number of alkyl halides is 1. The van der Waals surface area contributed by atoms with Crippen LogP contribution in [-0.4, -0.2) is 20.4 Å². The maximum atomic E-state index is 12.3. The van der Waals surface area contributed by atoms with E-state index in [4.69, 9.17) is 0 Å². The SMILES string of the molecule is Cc1cn(CCBr)c(=O)n(C(=O)c2ccccc2)c1=O. The predicted octanol–water partition coefficient (Wildman–Crippen LogP) is 1.40. The van der Waals surface area contributed by atoms with Crippen molar-refractivity contribution in [1.82, 2.24) is 9.13 Å². The third-order valence-corrected chi connectivity index (χ3v) is 3.23. The average Bonchev–Trinajstić information content (AvgIpc) is 2.46. The lowest BCUT2D eigenvalue weighted by molar-refractivity contribution is 0.0948. The smallest absolute Gasteiger partial charge is 0.299 e. The molecule has 6 heteroatoms. The number of nitrogens with zero attached hydrogens (tertiary/aromatic N) is 2. The standard InChI is InChI=1S/C14H13BrN2O3/c1-10-9-16(8-7-15)14(20)17(12(10)18)13(19)11-5-3-2-4-6-11/h2-6,9H,7-8H2,1H3. The highest BCUT2D eigenvalue weighted by Gasteiger charge is 2.16. The molecule has 1 heterocycles. The minimum atomic E-state index is -0.617. The number of benzene rings is 1. The van der Waals surface area contributed by atoms with E-state index in [1.165, 1.54) is 10.8 Å². The van der Waals surface area contributed by atoms with Crippen molar-refractivity contribution in [2.24, 2.45) is 0 Å². The van der Waals surface area contributed by atoms with Crippen molar-refractivity contribution in [2.75, 3.05) is 5.33 Å². The zero-order valence-corrected chi connectivity index (χ0v) is 12.5. The van der Waals surface area contributed by atoms with Crippen LogP contribution in [0.25, 0.3) is 0 Å². The van der Waals surface area contributed by atoms with E-state index in [0.29, 0.717) is 27.6 Å². The molecule has 0 unspecified atom stereocenters. The second-order valence-corrected chi connectivity index (χ2v) is 5.08. The largest absolute Gasteiger partial charge is 0.338 e. The quantitative estimate of drug-likeness (QED) is 0.796. The van der Waals surface area contributed by atoms with Gasteiger partial charge in [-0.3, -0.25) is 14.2 Å². The first kappa shape index (κ1) is 14.5. The van der Waals surface area contributed by atoms with Gasteiger partial charge < -0.3 is 0 Å². The van der Waals surface area contributed by atoms with E-state index in [9.17, 15) is 14.4 Å². The Hall–Kier alpha value is -1.95. The average molecular weight is 337 g/mol. The molecule has 0 saturated heterocycles. The van der Waals surface area contributed by atoms with Crippen LogP contribution in [0.2, 0.25) is 0 Å². The van der Waals surface area contributed by atoms with Crippen molar-refractivity contribution < 1.29 is 4.79 Å². The van der Waals surface area contributed by atoms with E-state index in [-0.39, 0.29) is 0 Å². The molecule has 0 atom stereocenters. The molecule has 104 valence electrons. The molecular formula is C14H13BrN2O3. The molecule has 2 aromatic rings. The number of halogens is 1. The van der Waals surface area contributed by atoms with Gasteiger partial charge in [0.2, 0.25) is 0 Å². The van der Waals surface area contributed by atoms with Crippen LogP contribution >= 0.6 is 15.9 Å². The summed E-state index contributed by atoms with van der Waals surface area (Å²) in [5.74, 6) is -0.604. The normalized spacial score (nSPS) is 10.5. The maximum absolute atomic E-state index is 12.3. The molecule has 5 nitrogen and oxygen atoms in total. The van der Waals surface area contributed by atoms with E-state index in [1.54, 1.807) is 37.3 Å². The van der Waals surface area contributed by atoms with Crippen molar-refractivity contribution in [3.8, 4) is 0 Å². The van der Waals surface area contributed by atoms with Gasteiger partial charge in [-0.2, -0.15) is 4.57 Å². The second kappa shape index (κ2) is 6.00. The van der Waals surface area contributed by atoms with Gasteiger partial charge in [0.15, 0.2) is 0 Å². The molecule has 0 radical (unpaired) electrons. The maximum Gasteiger partial charge on any atom is 0.338 e. The van der Waals surface area contributed by atoms with E-state index in [1.807, 2.05) is 0 Å². The Balaban J connectivity index is 2.65. The summed E-state index contributed by atoms with van der Waals surface area (Å²) >= 11 is 3.24. The minimum absolute atomic E-state index is 0.308. The number of carbonyl (C=O) groups excluding carboxylic acids is 1. The Morgan fingerprint density at radius 3 is 2.45 bits per heavy atom. The van der Waals surface area contributed by atoms with Gasteiger partial charge >= 0.3 is 5.69 Å². The summed E-state index contributed by atoms with van der Waals surface area (Å²) in [6, 6.07) is 8.28. The van der Waals surface area contributed by atoms with Crippen molar-refractivity contribution in [3.05, 3.63) is 68.5 Å². The number of hydrogen-bond acceptors (Lipinski definition) is 3. The molecule has 0 spiro atoms. The monoisotopic (exact) mass is 336 g/mol. The minimum Gasteiger partial charge on any atom is -0.299 e. The molecule has 20 heavy (non-hydrogen) atoms. The molecule has 0 bridgehead atoms. The third-order valence-electron chi connectivity index (χ3n) is 2.88. The van der Waals surface area contributed by atoms with Gasteiger partial charge in [-0.15, -0.1) is 0 Å². The van der Waals surface area contributed by atoms with Crippen LogP contribution in [0.15, 0.2) is 46.1 Å². The number of aromatic nitrogens is 2. The Labute approximate surface area is 123 Å². The molecule has 0 aliphatic rings. The molecule has 1 aromatic carbocycles. The summed E-state index contributed by atoms with van der Waals surface area (Å²) in [6.07, 6.45) is 1.47. The molecule has 0 N–H and O–H groups in total. The fourth-order valence-corrected chi connectivity index (χ4v) is 2.26. The Bertz CT molecular complexity index is 747. The highest BCUT2D eigenvalue weighted by molar-refractivity contribution is 9.09. The summed E-state index contributed by atoms with van der Waals surface area (Å²) < 4.78 is 2.04. The fraction of sp³-hybridized carbons (Fsp3) is 0.214. The van der Waals surface area contributed by atoms with Crippen LogP contribution in [0.4, 0.5) is 0 Å². The van der Waals surface area contributed by atoms with Crippen LogP contribution in [0.1, 0.15) is 15.9 Å². The van der Waals surface area contributed by atoms with Crippen molar-refractivity contribution in [2.45, 2.75) is 13.5 Å². The second-order valence-electron chi connectivity index (χ2n) is 4.29. The van der Waals surface area contributed by atoms with Gasteiger partial charge in [0.05, 0.1) is 0 Å². The molecule has 2 rings (SSSR count). The van der Waals surface area contributed by atoms with Crippen LogP contribution in [-0.2, 0) is 6.54 Å². The van der Waals surface area contributed by atoms with E-state index in [2.05, 4.69) is 15.9 Å². The van der Waals surface area contributed by atoms with Gasteiger partial charge in [-0.1, -0.05) is 34.1 Å². The van der Waals surface area contributed by atoms with Gasteiger partial charge in [0.1, 0.15) is 0 Å². The van der Waals surface area contributed by atoms with E-state index in [0.717, 1.165) is 0 Å². The zero-order chi connectivity index (χ0) is 14.7. The number of hydrogen-bond donors (Lipinski definition) is 0. The van der Waals surface area contributed by atoms with Crippen molar-refractivity contribution >= 4 is 21.8 Å². The van der Waals surface area contributed by atoms with Gasteiger partial charge in [0, 0.05) is 29.2 Å². The first-order chi connectivity index (χ1) is 9.56. The summed E-state index contributed by atoms with van der Waals surface area (Å²) in [5.41, 5.74) is -0.527. The van der Waals surface area contributed by atoms with E-state index < -0.39 is 17.2 Å². The number of aryl methyl sites for hydroxylation is 2. The highest BCUT2D eigenvalue weighted by Crippen LogP contribution is 2.00. The first-order valence-corrected chi connectivity index (χ1v) is 7.17. The van der Waals surface area contributed by atoms with Gasteiger partial charge in [-0.25, -0.2) is 4.79 Å². The Morgan fingerprint density at radius 1 is 1.20 bits per heavy atom. The predicted molar refractivity (Wildman–Crippen MR) is 79.7 cm³/mol. The molecular weight excluding hydrogens is 324 g/mol. The topological polar surface area (TPSA) is 61.1 Å². The fourth-order valence-electron chi connectivity index (χ4n) is 1.88. The lowest BCUT2D eigenvalue weighted by atomic mass is 10.2. The molecule has 0 fully saturated rings. The van der Waals surface area contributed by atoms with Crippen molar-refractivity contribution in [3.63, 3.8) is 0 Å². The molecule has 1 aromatic heterocycles. The van der Waals surface area contributed by atoms with Crippen LogP contribution in [0.5, 0.6) is 0 Å². The highest BCUT2D eigenvalue weighted by atomic mass is 79.9. The van der Waals surface area contributed by atoms with Crippen LogP contribution in [0.3, 0.4) is 0 Å². The van der Waals surface area contributed by atoms with Gasteiger partial charge in [-0.05, 0) is 19.1 Å². The summed E-state index contributed by atoms with van der Waals surface area (Å²) in [4.78, 5) is 36.6. The zero-order valence-electron chi connectivity index (χ0n) is 10.9. The van der Waals surface area contributed by atoms with Crippen molar-refractivity contribution in [1.29, 1.82) is 0 Å². The summed E-state index contributed by atoms with van der Waals surface area (Å²) in [5, 5.41) is 0.560. The molecule has 0 saturated carbocycles. The van der Waals surface area contributed by atoms with E-state index >= 15 is 0 Å². The Kier molecular flexibility index (Phi) is 4.34. The summed E-state index contributed by atoms with van der Waals surface area (Å²) in [6.45, 7) is 1.98. The first-order valence-electron chi connectivity index (χ1n) is 6.05. The van der Waals surface area contributed by atoms with Gasteiger partial charge in [0.25, 0.3) is 11.5 Å². The lowest BCUT2D eigenvalue weighted by Gasteiger charge is -2.09. The molecule has 0 aliphatic heterocycles. The molecule has 0 aliphatic carbocycles. The Morgan fingerprint density at radius 2 is 1.85 bits per heavy atom. The number of carbonyl (C=O) groups is 1. The summed E-state index contributed by atoms with van der Waals surface area (Å²) in [7, 11) is 0. The van der Waals surface area contributed by atoms with Crippen LogP contribution < -0.4 is 11.2 Å². The number of rotatable bonds is 3. The third kappa shape index (κ3) is 2.65. The van der Waals surface area contributed by atoms with Crippen LogP contribution in [0, 0.1) is 6.92 Å². The molecule has 0 amide bonds.